The molecule has 1 N–H and O–H groups in total. The average molecular weight is 205 g/mol. The largest absolute Gasteiger partial charge is 0.363 e. The van der Waals surface area contributed by atoms with Crippen LogP contribution in [0.3, 0.4) is 0 Å². The summed E-state index contributed by atoms with van der Waals surface area (Å²) in [7, 11) is 0. The van der Waals surface area contributed by atoms with Gasteiger partial charge in [0, 0.05) is 24.0 Å². The van der Waals surface area contributed by atoms with E-state index in [4.69, 9.17) is 0 Å². The van der Waals surface area contributed by atoms with Gasteiger partial charge in [0.25, 0.3) is 0 Å². The van der Waals surface area contributed by atoms with Gasteiger partial charge in [-0.05, 0) is 39.8 Å². The molecule has 1 aromatic rings. The van der Waals surface area contributed by atoms with Crippen molar-refractivity contribution >= 4 is 0 Å². The van der Waals surface area contributed by atoms with Gasteiger partial charge in [-0.25, -0.2) is 0 Å². The number of nitrogens with zero attached hydrogens (tertiary/aromatic N) is 2. The predicted molar refractivity (Wildman–Crippen MR) is 61.3 cm³/mol. The maximum atomic E-state index is 9.25. The highest BCUT2D eigenvalue weighted by Crippen LogP contribution is 2.23. The molecule has 0 aromatic carbocycles. The Bertz CT molecular complexity index is 311. The van der Waals surface area contributed by atoms with Crippen molar-refractivity contribution in [2.45, 2.75) is 45.8 Å². The smallest absolute Gasteiger partial charge is 0.139 e. The van der Waals surface area contributed by atoms with Crippen LogP contribution < -0.4 is 0 Å². The lowest BCUT2D eigenvalue weighted by atomic mass is 10.1. The summed E-state index contributed by atoms with van der Waals surface area (Å²) < 4.78 is 0. The second-order valence-corrected chi connectivity index (χ2v) is 4.29. The summed E-state index contributed by atoms with van der Waals surface area (Å²) in [6, 6.07) is 6.79. The molecule has 1 aromatic heterocycles. The van der Waals surface area contributed by atoms with Crippen LogP contribution >= 0.6 is 0 Å². The van der Waals surface area contributed by atoms with Gasteiger partial charge >= 0.3 is 0 Å². The Morgan fingerprint density at radius 3 is 2.20 bits per heavy atom. The van der Waals surface area contributed by atoms with E-state index in [1.54, 1.807) is 0 Å². The van der Waals surface area contributed by atoms with E-state index in [2.05, 4.69) is 43.6 Å². The topological polar surface area (TPSA) is 42.8 Å². The SMILES string of the molecule is CC(C)N(C(C)C)C(C#N)c1ccc[nH]1. The van der Waals surface area contributed by atoms with Crippen LogP contribution in [0.25, 0.3) is 0 Å². The molecule has 1 unspecified atom stereocenters. The Balaban J connectivity index is 2.95. The summed E-state index contributed by atoms with van der Waals surface area (Å²) in [4.78, 5) is 5.31. The van der Waals surface area contributed by atoms with Gasteiger partial charge in [0.05, 0.1) is 6.07 Å². The first-order valence-electron chi connectivity index (χ1n) is 5.38. The van der Waals surface area contributed by atoms with E-state index in [0.717, 1.165) is 5.69 Å². The second-order valence-electron chi connectivity index (χ2n) is 4.29. The second kappa shape index (κ2) is 4.99. The number of nitrogens with one attached hydrogen (secondary N) is 1. The third-order valence-corrected chi connectivity index (χ3v) is 2.53. The quantitative estimate of drug-likeness (QED) is 0.821. The van der Waals surface area contributed by atoms with Crippen LogP contribution in [0, 0.1) is 11.3 Å². The summed E-state index contributed by atoms with van der Waals surface area (Å²) in [6.07, 6.45) is 1.86. The molecule has 0 saturated carbocycles. The maximum Gasteiger partial charge on any atom is 0.139 e. The molecule has 1 atom stereocenters. The molecule has 82 valence electrons. The number of rotatable bonds is 4. The fourth-order valence-corrected chi connectivity index (χ4v) is 2.00. The Hall–Kier alpha value is -1.27. The Labute approximate surface area is 91.7 Å². The third kappa shape index (κ3) is 2.60. The highest BCUT2D eigenvalue weighted by Gasteiger charge is 2.25. The lowest BCUT2D eigenvalue weighted by molar-refractivity contribution is 0.140. The molecule has 3 heteroatoms. The molecule has 0 radical (unpaired) electrons. The number of hydrogen-bond acceptors (Lipinski definition) is 2. The number of H-pyrrole nitrogens is 1. The minimum absolute atomic E-state index is 0.181. The van der Waals surface area contributed by atoms with E-state index < -0.39 is 0 Å². The molecule has 0 saturated heterocycles. The summed E-state index contributed by atoms with van der Waals surface area (Å²) in [5.41, 5.74) is 0.972. The first kappa shape index (κ1) is 11.8. The summed E-state index contributed by atoms with van der Waals surface area (Å²) in [6.45, 7) is 8.47. The number of aromatic amines is 1. The summed E-state index contributed by atoms with van der Waals surface area (Å²) in [5.74, 6) is 0. The number of nitriles is 1. The molecule has 3 nitrogen and oxygen atoms in total. The molecule has 0 spiro atoms. The summed E-state index contributed by atoms with van der Waals surface area (Å²) in [5, 5.41) is 9.25. The zero-order valence-electron chi connectivity index (χ0n) is 9.86. The van der Waals surface area contributed by atoms with Crippen molar-refractivity contribution in [3.63, 3.8) is 0 Å². The van der Waals surface area contributed by atoms with Gasteiger partial charge in [-0.2, -0.15) is 5.26 Å². The van der Waals surface area contributed by atoms with Crippen molar-refractivity contribution in [2.24, 2.45) is 0 Å². The number of hydrogen-bond donors (Lipinski definition) is 1. The number of aromatic nitrogens is 1. The fourth-order valence-electron chi connectivity index (χ4n) is 2.00. The molecule has 0 aliphatic rings. The zero-order valence-corrected chi connectivity index (χ0v) is 9.86. The van der Waals surface area contributed by atoms with Crippen LogP contribution in [-0.4, -0.2) is 22.0 Å². The van der Waals surface area contributed by atoms with Crippen molar-refractivity contribution in [3.8, 4) is 6.07 Å². The maximum absolute atomic E-state index is 9.25. The van der Waals surface area contributed by atoms with Crippen LogP contribution in [0.15, 0.2) is 18.3 Å². The van der Waals surface area contributed by atoms with Crippen molar-refractivity contribution < 1.29 is 0 Å². The minimum atomic E-state index is -0.181. The van der Waals surface area contributed by atoms with Gasteiger partial charge < -0.3 is 4.98 Å². The summed E-state index contributed by atoms with van der Waals surface area (Å²) >= 11 is 0. The van der Waals surface area contributed by atoms with Gasteiger partial charge in [0.1, 0.15) is 6.04 Å². The lowest BCUT2D eigenvalue weighted by Crippen LogP contribution is -2.39. The van der Waals surface area contributed by atoms with E-state index in [-0.39, 0.29) is 6.04 Å². The predicted octanol–water partition coefficient (Wildman–Crippen LogP) is 2.70. The van der Waals surface area contributed by atoms with Crippen molar-refractivity contribution in [1.82, 2.24) is 9.88 Å². The van der Waals surface area contributed by atoms with E-state index in [9.17, 15) is 5.26 Å². The first-order chi connectivity index (χ1) is 7.07. The van der Waals surface area contributed by atoms with Gasteiger partial charge in [0.15, 0.2) is 0 Å². The Morgan fingerprint density at radius 2 is 1.87 bits per heavy atom. The Morgan fingerprint density at radius 1 is 1.27 bits per heavy atom. The standard InChI is InChI=1S/C12H19N3/c1-9(2)15(10(3)4)12(8-13)11-6-5-7-14-11/h5-7,9-10,12,14H,1-4H3. The third-order valence-electron chi connectivity index (χ3n) is 2.53. The van der Waals surface area contributed by atoms with Crippen molar-refractivity contribution in [2.75, 3.05) is 0 Å². The van der Waals surface area contributed by atoms with E-state index >= 15 is 0 Å². The molecule has 0 fully saturated rings. The molecular weight excluding hydrogens is 186 g/mol. The molecule has 0 amide bonds. The fraction of sp³-hybridized carbons (Fsp3) is 0.583. The molecule has 15 heavy (non-hydrogen) atoms. The zero-order chi connectivity index (χ0) is 11.4. The molecule has 1 heterocycles. The van der Waals surface area contributed by atoms with Crippen molar-refractivity contribution in [3.05, 3.63) is 24.0 Å². The van der Waals surface area contributed by atoms with Gasteiger partial charge in [0.2, 0.25) is 0 Å². The average Bonchev–Trinajstić information content (AvgIpc) is 2.64. The normalized spacial score (nSPS) is 13.5. The van der Waals surface area contributed by atoms with Gasteiger partial charge in [-0.1, -0.05) is 0 Å². The molecule has 0 aliphatic heterocycles. The van der Waals surface area contributed by atoms with Crippen LogP contribution in [0.2, 0.25) is 0 Å². The van der Waals surface area contributed by atoms with Crippen molar-refractivity contribution in [1.29, 1.82) is 5.26 Å². The van der Waals surface area contributed by atoms with E-state index in [1.807, 2.05) is 18.3 Å². The van der Waals surface area contributed by atoms with E-state index in [1.165, 1.54) is 0 Å². The monoisotopic (exact) mass is 205 g/mol. The van der Waals surface area contributed by atoms with Crippen LogP contribution in [0.4, 0.5) is 0 Å². The van der Waals surface area contributed by atoms with Crippen LogP contribution in [-0.2, 0) is 0 Å². The molecule has 0 aliphatic carbocycles. The molecule has 0 bridgehead atoms. The highest BCUT2D eigenvalue weighted by atomic mass is 15.2. The first-order valence-corrected chi connectivity index (χ1v) is 5.38. The Kier molecular flexibility index (Phi) is 3.93. The highest BCUT2D eigenvalue weighted by molar-refractivity contribution is 5.17. The van der Waals surface area contributed by atoms with E-state index in [0.29, 0.717) is 12.1 Å². The molecule has 1 rings (SSSR count). The van der Waals surface area contributed by atoms with Gasteiger partial charge in [-0.3, -0.25) is 4.90 Å². The minimum Gasteiger partial charge on any atom is -0.363 e. The van der Waals surface area contributed by atoms with Gasteiger partial charge in [-0.15, -0.1) is 0 Å². The lowest BCUT2D eigenvalue weighted by Gasteiger charge is -2.33. The molecular formula is C12H19N3. The van der Waals surface area contributed by atoms with Crippen LogP contribution in [0.5, 0.6) is 0 Å². The van der Waals surface area contributed by atoms with Crippen LogP contribution in [0.1, 0.15) is 39.4 Å².